The summed E-state index contributed by atoms with van der Waals surface area (Å²) in [5.74, 6) is 1.53. The quantitative estimate of drug-likeness (QED) is 0.769. The van der Waals surface area contributed by atoms with E-state index in [1.165, 1.54) is 41.3 Å². The van der Waals surface area contributed by atoms with E-state index in [0.29, 0.717) is 12.0 Å². The summed E-state index contributed by atoms with van der Waals surface area (Å²) in [6.45, 7) is 7.78. The molecule has 6 rings (SSSR count). The number of amides is 1. The van der Waals surface area contributed by atoms with Crippen LogP contribution in [0.15, 0.2) is 24.3 Å². The molecule has 3 aliphatic carbocycles. The summed E-state index contributed by atoms with van der Waals surface area (Å²) >= 11 is 1.63. The van der Waals surface area contributed by atoms with Crippen molar-refractivity contribution in [3.8, 4) is 0 Å². The van der Waals surface area contributed by atoms with Crippen LogP contribution in [0.1, 0.15) is 61.7 Å². The minimum atomic E-state index is 0.120. The lowest BCUT2D eigenvalue weighted by atomic mass is 9.61. The molecule has 2 bridgehead atoms. The van der Waals surface area contributed by atoms with Gasteiger partial charge in [-0.05, 0) is 66.0 Å². The highest BCUT2D eigenvalue weighted by atomic mass is 32.1. The molecule has 2 heterocycles. The molecule has 0 radical (unpaired) electrons. The summed E-state index contributed by atoms with van der Waals surface area (Å²) in [4.78, 5) is 13.9. The van der Waals surface area contributed by atoms with Crippen molar-refractivity contribution >= 4 is 27.3 Å². The molecule has 2 atom stereocenters. The van der Waals surface area contributed by atoms with Gasteiger partial charge < -0.3 is 10.6 Å². The van der Waals surface area contributed by atoms with Crippen molar-refractivity contribution in [1.82, 2.24) is 10.6 Å². The first kappa shape index (κ1) is 16.8. The average molecular weight is 369 g/mol. The Bertz CT molecular complexity index is 866. The van der Waals surface area contributed by atoms with Gasteiger partial charge in [0.05, 0.1) is 16.5 Å². The summed E-state index contributed by atoms with van der Waals surface area (Å²) in [5.41, 5.74) is 1.67. The molecule has 26 heavy (non-hydrogen) atoms. The SMILES string of the molecule is CC(C)(C)c1ccc2cc(C(=O)NC3C4CCC(CC4)[C@@]34CN4)sc2c1. The molecule has 1 aliphatic heterocycles. The molecule has 1 aromatic heterocycles. The molecule has 4 heteroatoms. The summed E-state index contributed by atoms with van der Waals surface area (Å²) in [7, 11) is 0. The number of hydrogen-bond acceptors (Lipinski definition) is 3. The molecule has 1 amide bonds. The van der Waals surface area contributed by atoms with Crippen LogP contribution in [0, 0.1) is 11.8 Å². The van der Waals surface area contributed by atoms with E-state index in [-0.39, 0.29) is 16.9 Å². The molecule has 2 aromatic rings. The smallest absolute Gasteiger partial charge is 0.261 e. The minimum Gasteiger partial charge on any atom is -0.346 e. The summed E-state index contributed by atoms with van der Waals surface area (Å²) in [6.07, 6.45) is 5.23. The number of rotatable bonds is 2. The molecular weight excluding hydrogens is 340 g/mol. The third-order valence-electron chi connectivity index (χ3n) is 7.01. The van der Waals surface area contributed by atoms with Crippen molar-refractivity contribution in [2.45, 2.75) is 63.5 Å². The van der Waals surface area contributed by atoms with Crippen molar-refractivity contribution in [1.29, 1.82) is 0 Å². The zero-order chi connectivity index (χ0) is 18.1. The molecule has 1 spiro atoms. The van der Waals surface area contributed by atoms with E-state index in [1.54, 1.807) is 11.3 Å². The maximum absolute atomic E-state index is 13.0. The lowest BCUT2D eigenvalue weighted by Crippen LogP contribution is -2.60. The first-order chi connectivity index (χ1) is 12.4. The fourth-order valence-electron chi connectivity index (χ4n) is 5.32. The van der Waals surface area contributed by atoms with Gasteiger partial charge in [0.1, 0.15) is 0 Å². The first-order valence-electron chi connectivity index (χ1n) is 9.97. The maximum Gasteiger partial charge on any atom is 0.261 e. The highest BCUT2D eigenvalue weighted by Gasteiger charge is 2.61. The summed E-state index contributed by atoms with van der Waals surface area (Å²) < 4.78 is 1.21. The standard InChI is InChI=1S/C22H28N2OS/c1-21(2,3)16-9-6-14-10-18(26-17(14)11-16)20(25)24-19-13-4-7-15(8-5-13)22(19)12-23-22/h6,9-11,13,15,19,23H,4-5,7-8,12H2,1-3H3,(H,24,25)/t13?,15?,19?,22-/m0/s1. The van der Waals surface area contributed by atoms with E-state index in [0.717, 1.165) is 17.3 Å². The fraction of sp³-hybridized carbons (Fsp3) is 0.591. The largest absolute Gasteiger partial charge is 0.346 e. The molecule has 1 aromatic carbocycles. The third-order valence-corrected chi connectivity index (χ3v) is 8.10. The van der Waals surface area contributed by atoms with Gasteiger partial charge in [-0.2, -0.15) is 0 Å². The Morgan fingerprint density at radius 2 is 1.92 bits per heavy atom. The van der Waals surface area contributed by atoms with E-state index >= 15 is 0 Å². The molecule has 3 saturated carbocycles. The van der Waals surface area contributed by atoms with Gasteiger partial charge >= 0.3 is 0 Å². The second-order valence-corrected chi connectivity index (χ2v) is 10.7. The van der Waals surface area contributed by atoms with Crippen LogP contribution >= 0.6 is 11.3 Å². The van der Waals surface area contributed by atoms with Crippen molar-refractivity contribution in [3.05, 3.63) is 34.7 Å². The third kappa shape index (κ3) is 2.53. The Morgan fingerprint density at radius 3 is 2.58 bits per heavy atom. The molecule has 1 unspecified atom stereocenters. The average Bonchev–Trinajstić information content (AvgIpc) is 3.26. The highest BCUT2D eigenvalue weighted by Crippen LogP contribution is 2.51. The Hall–Kier alpha value is -1.39. The fourth-order valence-corrected chi connectivity index (χ4v) is 6.33. The van der Waals surface area contributed by atoms with Gasteiger partial charge in [0.2, 0.25) is 0 Å². The topological polar surface area (TPSA) is 51.0 Å². The van der Waals surface area contributed by atoms with Crippen molar-refractivity contribution < 1.29 is 4.79 Å². The number of hydrogen-bond donors (Lipinski definition) is 2. The van der Waals surface area contributed by atoms with E-state index in [2.05, 4.69) is 55.7 Å². The molecule has 4 fully saturated rings. The maximum atomic E-state index is 13.0. The zero-order valence-corrected chi connectivity index (χ0v) is 16.7. The van der Waals surface area contributed by atoms with Crippen LogP contribution in [0.2, 0.25) is 0 Å². The van der Waals surface area contributed by atoms with Gasteiger partial charge in [-0.15, -0.1) is 11.3 Å². The second-order valence-electron chi connectivity index (χ2n) is 9.57. The van der Waals surface area contributed by atoms with Crippen LogP contribution in [0.4, 0.5) is 0 Å². The van der Waals surface area contributed by atoms with Crippen molar-refractivity contribution in [2.75, 3.05) is 6.54 Å². The Labute approximate surface area is 159 Å². The Balaban J connectivity index is 1.40. The van der Waals surface area contributed by atoms with Crippen LogP contribution in [-0.2, 0) is 5.41 Å². The lowest BCUT2D eigenvalue weighted by Gasteiger charge is -2.48. The van der Waals surface area contributed by atoms with E-state index in [1.807, 2.05) is 0 Å². The van der Waals surface area contributed by atoms with Crippen LogP contribution in [-0.4, -0.2) is 24.0 Å². The first-order valence-corrected chi connectivity index (χ1v) is 10.8. The van der Waals surface area contributed by atoms with Gasteiger partial charge in [-0.25, -0.2) is 0 Å². The predicted octanol–water partition coefficient (Wildman–Crippen LogP) is 4.46. The molecule has 4 aliphatic rings. The van der Waals surface area contributed by atoms with Gasteiger partial charge in [0, 0.05) is 11.2 Å². The Morgan fingerprint density at radius 1 is 1.19 bits per heavy atom. The van der Waals surface area contributed by atoms with Crippen LogP contribution < -0.4 is 10.6 Å². The lowest BCUT2D eigenvalue weighted by molar-refractivity contribution is 0.0637. The van der Waals surface area contributed by atoms with Gasteiger partial charge in [-0.3, -0.25) is 4.79 Å². The molecule has 2 N–H and O–H groups in total. The Kier molecular flexibility index (Phi) is 3.58. The second kappa shape index (κ2) is 5.56. The number of benzene rings is 1. The van der Waals surface area contributed by atoms with Gasteiger partial charge in [0.25, 0.3) is 5.91 Å². The van der Waals surface area contributed by atoms with E-state index < -0.39 is 0 Å². The number of nitrogens with one attached hydrogen (secondary N) is 2. The molecule has 3 nitrogen and oxygen atoms in total. The zero-order valence-electron chi connectivity index (χ0n) is 15.9. The van der Waals surface area contributed by atoms with Crippen molar-refractivity contribution in [3.63, 3.8) is 0 Å². The van der Waals surface area contributed by atoms with E-state index in [9.17, 15) is 4.79 Å². The predicted molar refractivity (Wildman–Crippen MR) is 108 cm³/mol. The van der Waals surface area contributed by atoms with Crippen LogP contribution in [0.25, 0.3) is 10.1 Å². The van der Waals surface area contributed by atoms with Crippen molar-refractivity contribution in [2.24, 2.45) is 11.8 Å². The van der Waals surface area contributed by atoms with Crippen LogP contribution in [0.5, 0.6) is 0 Å². The van der Waals surface area contributed by atoms with Gasteiger partial charge in [-0.1, -0.05) is 32.9 Å². The van der Waals surface area contributed by atoms with E-state index in [4.69, 9.17) is 0 Å². The normalized spacial score (nSPS) is 33.0. The minimum absolute atomic E-state index is 0.120. The number of fused-ring (bicyclic) bond motifs is 3. The molecule has 1 saturated heterocycles. The summed E-state index contributed by atoms with van der Waals surface area (Å²) in [5, 5.41) is 8.24. The van der Waals surface area contributed by atoms with Crippen LogP contribution in [0.3, 0.4) is 0 Å². The molecule has 138 valence electrons. The number of carbonyl (C=O) groups is 1. The molecular formula is C22H28N2OS. The van der Waals surface area contributed by atoms with Gasteiger partial charge in [0.15, 0.2) is 0 Å². The highest BCUT2D eigenvalue weighted by molar-refractivity contribution is 7.20. The monoisotopic (exact) mass is 368 g/mol. The summed E-state index contributed by atoms with van der Waals surface area (Å²) in [6, 6.07) is 8.99. The number of carbonyl (C=O) groups excluding carboxylic acids is 1. The number of thiophene rings is 1.